The number of esters is 1. The molecular weight excluding hydrogens is 540 g/mol. The fourth-order valence-corrected chi connectivity index (χ4v) is 4.82. The van der Waals surface area contributed by atoms with Gasteiger partial charge >= 0.3 is 18.2 Å². The van der Waals surface area contributed by atoms with Crippen LogP contribution in [0.2, 0.25) is 0 Å². The average Bonchev–Trinajstić information content (AvgIpc) is 3.16. The van der Waals surface area contributed by atoms with Crippen LogP contribution in [0.5, 0.6) is 0 Å². The molecule has 1 fully saturated rings. The van der Waals surface area contributed by atoms with Gasteiger partial charge in [0.2, 0.25) is 0 Å². The van der Waals surface area contributed by atoms with E-state index in [2.05, 4.69) is 28.6 Å². The number of nitrogens with zero attached hydrogens (tertiary/aromatic N) is 4. The number of aromatic nitrogens is 3. The fraction of sp³-hybridized carbons (Fsp3) is 0.708. The summed E-state index contributed by atoms with van der Waals surface area (Å²) < 4.78 is 66.4. The maximum Gasteiger partial charge on any atom is 0.377 e. The van der Waals surface area contributed by atoms with Crippen molar-refractivity contribution in [1.29, 1.82) is 0 Å². The van der Waals surface area contributed by atoms with Gasteiger partial charge in [0.15, 0.2) is 5.16 Å². The van der Waals surface area contributed by atoms with Crippen LogP contribution in [0.1, 0.15) is 65.8 Å². The van der Waals surface area contributed by atoms with Gasteiger partial charge in [0.1, 0.15) is 18.6 Å². The van der Waals surface area contributed by atoms with E-state index in [0.717, 1.165) is 30.6 Å². The number of ether oxygens (including phenoxy) is 2. The summed E-state index contributed by atoms with van der Waals surface area (Å²) in [6.07, 6.45) is -0.580. The number of hydrogen-bond acceptors (Lipinski definition) is 7. The molecule has 0 bridgehead atoms. The molecule has 13 heteroatoms. The summed E-state index contributed by atoms with van der Waals surface area (Å²) in [5.74, 6) is 0.419. The largest absolute Gasteiger partial charge is 0.465 e. The minimum atomic E-state index is -4.01. The van der Waals surface area contributed by atoms with Crippen molar-refractivity contribution in [2.45, 2.75) is 83.2 Å². The van der Waals surface area contributed by atoms with Gasteiger partial charge in [0, 0.05) is 55.7 Å². The number of thioether (sulfide) groups is 1. The van der Waals surface area contributed by atoms with Crippen molar-refractivity contribution in [3.63, 3.8) is 0 Å². The summed E-state index contributed by atoms with van der Waals surface area (Å²) in [7, 11) is 0. The molecule has 3 heterocycles. The van der Waals surface area contributed by atoms with E-state index in [9.17, 15) is 22.4 Å². The zero-order valence-corrected chi connectivity index (χ0v) is 23.0. The quantitative estimate of drug-likeness (QED) is 0.128. The van der Waals surface area contributed by atoms with Crippen LogP contribution in [0.4, 0.5) is 23.2 Å². The van der Waals surface area contributed by atoms with Gasteiger partial charge < -0.3 is 14.2 Å². The number of carbonyl (C=O) groups is 1. The van der Waals surface area contributed by atoms with Crippen molar-refractivity contribution in [3.05, 3.63) is 12.4 Å². The summed E-state index contributed by atoms with van der Waals surface area (Å²) in [6.45, 7) is 6.34. The van der Waals surface area contributed by atoms with Crippen molar-refractivity contribution in [2.75, 3.05) is 30.3 Å². The predicted octanol–water partition coefficient (Wildman–Crippen LogP) is 6.28. The van der Waals surface area contributed by atoms with E-state index < -0.39 is 25.3 Å². The Labute approximate surface area is 249 Å². The number of fused-ring (bicyclic) bond motifs is 1. The van der Waals surface area contributed by atoms with Gasteiger partial charge in [-0.25, -0.2) is 9.97 Å². The third-order valence-corrected chi connectivity index (χ3v) is 6.90. The van der Waals surface area contributed by atoms with Crippen molar-refractivity contribution in [2.24, 2.45) is 5.92 Å². The molecular formula is C24H34ArF4N4O3S. The molecule has 1 saturated heterocycles. The van der Waals surface area contributed by atoms with Crippen molar-refractivity contribution >= 4 is 34.5 Å². The number of rotatable bonds is 12. The van der Waals surface area contributed by atoms with Gasteiger partial charge in [-0.1, -0.05) is 44.9 Å². The second-order valence-corrected chi connectivity index (χ2v) is 10.4. The Morgan fingerprint density at radius 1 is 1.22 bits per heavy atom. The fourth-order valence-electron chi connectivity index (χ4n) is 4.09. The van der Waals surface area contributed by atoms with Gasteiger partial charge in [0.05, 0.1) is 30.4 Å². The topological polar surface area (TPSA) is 69.5 Å². The van der Waals surface area contributed by atoms with Crippen LogP contribution in [0.3, 0.4) is 0 Å². The number of carbonyl (C=O) groups excluding carboxylic acids is 1. The molecule has 1 atom stereocenters. The van der Waals surface area contributed by atoms with Crippen LogP contribution >= 0.6 is 11.8 Å². The molecule has 3 rings (SSSR count). The summed E-state index contributed by atoms with van der Waals surface area (Å²) in [6, 6.07) is -0.0792. The van der Waals surface area contributed by atoms with Gasteiger partial charge in [-0.2, -0.15) is 17.6 Å². The van der Waals surface area contributed by atoms with Crippen LogP contribution in [0.25, 0.3) is 11.0 Å². The second-order valence-electron chi connectivity index (χ2n) is 9.33. The first-order valence-electron chi connectivity index (χ1n) is 12.3. The van der Waals surface area contributed by atoms with Crippen molar-refractivity contribution in [3.8, 4) is 0 Å². The SMILES string of the molecule is CCCCC(CC)COC(=O)CCSc1ncc2c(n1)c(N1CC(F)(F)OC(F)(F)C1)cn2C(C)C.[Ar]. The number of anilines is 1. The first-order chi connectivity index (χ1) is 16.9. The Morgan fingerprint density at radius 2 is 1.89 bits per heavy atom. The molecule has 1 aliphatic heterocycles. The minimum Gasteiger partial charge on any atom is -0.465 e. The molecule has 0 amide bonds. The molecule has 1 unspecified atom stereocenters. The van der Waals surface area contributed by atoms with Gasteiger partial charge in [-0.05, 0) is 26.2 Å². The van der Waals surface area contributed by atoms with E-state index in [4.69, 9.17) is 4.74 Å². The third kappa shape index (κ3) is 9.12. The Kier molecular flexibility index (Phi) is 12.3. The molecule has 0 aliphatic carbocycles. The molecule has 0 saturated carbocycles. The van der Waals surface area contributed by atoms with E-state index in [1.54, 1.807) is 10.8 Å². The molecule has 2 aromatic rings. The monoisotopic (exact) mass is 574 g/mol. The Morgan fingerprint density at radius 3 is 2.49 bits per heavy atom. The van der Waals surface area contributed by atoms with Crippen molar-refractivity contribution < 1.29 is 69.6 Å². The van der Waals surface area contributed by atoms with E-state index in [0.29, 0.717) is 34.5 Å². The van der Waals surface area contributed by atoms with E-state index in [1.165, 1.54) is 18.0 Å². The standard InChI is InChI=1S/C24H34F4N4O3S.Ar/c1-5-7-8-17(6-2)13-34-20(33)9-10-36-22-29-11-18-21(30-22)19(12-32(18)16(3)4)31-14-23(25,26)35-24(27,28)15-31;/h11-12,16-17H,5-10,13-15H2,1-4H3;. The Bertz CT molecular complexity index is 1020. The minimum absolute atomic E-state index is 0. The summed E-state index contributed by atoms with van der Waals surface area (Å²) >= 11 is 1.22. The normalized spacial score (nSPS) is 17.6. The second kappa shape index (κ2) is 14.0. The molecule has 210 valence electrons. The smallest absolute Gasteiger partial charge is 0.377 e. The summed E-state index contributed by atoms with van der Waals surface area (Å²) in [4.78, 5) is 21.9. The number of alkyl halides is 4. The summed E-state index contributed by atoms with van der Waals surface area (Å²) in [5, 5.41) is 0.319. The number of unbranched alkanes of at least 4 members (excludes halogenated alkanes) is 1. The maximum atomic E-state index is 13.9. The van der Waals surface area contributed by atoms with Crippen LogP contribution in [-0.4, -0.2) is 58.2 Å². The molecule has 7 nitrogen and oxygen atoms in total. The maximum absolute atomic E-state index is 13.9. The van der Waals surface area contributed by atoms with E-state index in [1.807, 2.05) is 13.8 Å². The van der Waals surface area contributed by atoms with Gasteiger partial charge in [-0.3, -0.25) is 9.53 Å². The van der Waals surface area contributed by atoms with Crippen LogP contribution in [0, 0.1) is 43.7 Å². The molecule has 0 spiro atoms. The van der Waals surface area contributed by atoms with Crippen LogP contribution < -0.4 is 4.90 Å². The Hall–Kier alpha value is -0.820. The number of morpholine rings is 1. The molecule has 37 heavy (non-hydrogen) atoms. The third-order valence-electron chi connectivity index (χ3n) is 6.04. The molecule has 2 aromatic heterocycles. The number of hydrogen-bond donors (Lipinski definition) is 0. The predicted molar refractivity (Wildman–Crippen MR) is 131 cm³/mol. The number of halogens is 4. The van der Waals surface area contributed by atoms with Crippen molar-refractivity contribution in [1.82, 2.24) is 14.5 Å². The van der Waals surface area contributed by atoms with Gasteiger partial charge in [0.25, 0.3) is 0 Å². The molecule has 1 aliphatic rings. The van der Waals surface area contributed by atoms with E-state index >= 15 is 0 Å². The van der Waals surface area contributed by atoms with Gasteiger partial charge in [-0.15, -0.1) is 0 Å². The van der Waals surface area contributed by atoms with Crippen LogP contribution in [-0.2, 0) is 14.3 Å². The Balaban J connectivity index is 0.00000481. The zero-order chi connectivity index (χ0) is 26.5. The summed E-state index contributed by atoms with van der Waals surface area (Å²) in [5.41, 5.74) is 0.987. The van der Waals surface area contributed by atoms with E-state index in [-0.39, 0.29) is 61.9 Å². The van der Waals surface area contributed by atoms with Crippen LogP contribution in [0.15, 0.2) is 17.6 Å². The first kappa shape index (κ1) is 32.4. The first-order valence-corrected chi connectivity index (χ1v) is 13.3. The molecule has 0 radical (unpaired) electrons. The average molecular weight is 575 g/mol. The molecule has 0 N–H and O–H groups in total. The zero-order valence-electron chi connectivity index (χ0n) is 21.5. The molecule has 0 aromatic carbocycles.